The molecule has 0 bridgehead atoms. The van der Waals surface area contributed by atoms with Crippen LogP contribution in [0.2, 0.25) is 0 Å². The van der Waals surface area contributed by atoms with Gasteiger partial charge in [0.2, 0.25) is 5.82 Å². The molecule has 9 nitrogen and oxygen atoms in total. The lowest BCUT2D eigenvalue weighted by Gasteiger charge is -2.27. The van der Waals surface area contributed by atoms with E-state index < -0.39 is 0 Å². The summed E-state index contributed by atoms with van der Waals surface area (Å²) < 4.78 is 13.1. The Kier molecular flexibility index (Phi) is 3.11. The van der Waals surface area contributed by atoms with Gasteiger partial charge in [0.15, 0.2) is 11.5 Å². The molecule has 0 fully saturated rings. The highest BCUT2D eigenvalue weighted by Crippen LogP contribution is 2.25. The lowest BCUT2D eigenvalue weighted by molar-refractivity contribution is 0.188. The van der Waals surface area contributed by atoms with E-state index in [1.165, 1.54) is 0 Å². The maximum absolute atomic E-state index is 5.78. The van der Waals surface area contributed by atoms with Gasteiger partial charge in [-0.15, -0.1) is 10.2 Å². The number of hydrogen-bond donors (Lipinski definition) is 1. The van der Waals surface area contributed by atoms with E-state index in [1.807, 2.05) is 16.8 Å². The highest BCUT2D eigenvalue weighted by atomic mass is 16.5. The minimum atomic E-state index is 0.463. The molecule has 0 atom stereocenters. The lowest BCUT2D eigenvalue weighted by atomic mass is 10.2. The summed E-state index contributed by atoms with van der Waals surface area (Å²) >= 11 is 0. The molecule has 1 aliphatic rings. The molecule has 0 saturated heterocycles. The SMILES string of the molecule is COc1cnn2c1CN(Cc1ccc(-c3nn[nH]n3)o1)CC2. The zero-order valence-electron chi connectivity index (χ0n) is 12.1. The number of nitrogens with zero attached hydrogens (tertiary/aromatic N) is 6. The van der Waals surface area contributed by atoms with Crippen LogP contribution < -0.4 is 4.74 Å². The van der Waals surface area contributed by atoms with Crippen molar-refractivity contribution in [3.05, 3.63) is 29.8 Å². The normalized spacial score (nSPS) is 15.0. The number of nitrogens with one attached hydrogen (secondary N) is 1. The molecular weight excluding hydrogens is 286 g/mol. The summed E-state index contributed by atoms with van der Waals surface area (Å²) in [5.74, 6) is 2.77. The van der Waals surface area contributed by atoms with Crippen LogP contribution in [0.5, 0.6) is 5.75 Å². The van der Waals surface area contributed by atoms with E-state index in [4.69, 9.17) is 9.15 Å². The van der Waals surface area contributed by atoms with E-state index in [-0.39, 0.29) is 0 Å². The molecule has 0 aromatic carbocycles. The van der Waals surface area contributed by atoms with Crippen LogP contribution in [0.25, 0.3) is 11.6 Å². The van der Waals surface area contributed by atoms with Crippen LogP contribution in [0.15, 0.2) is 22.7 Å². The largest absolute Gasteiger partial charge is 0.493 e. The van der Waals surface area contributed by atoms with Gasteiger partial charge in [-0.3, -0.25) is 9.58 Å². The van der Waals surface area contributed by atoms with Gasteiger partial charge in [0.1, 0.15) is 5.76 Å². The molecule has 3 aromatic rings. The first kappa shape index (κ1) is 13.0. The topological polar surface area (TPSA) is 97.9 Å². The fraction of sp³-hybridized carbons (Fsp3) is 0.385. The molecular formula is C13H15N7O2. The monoisotopic (exact) mass is 301 g/mol. The van der Waals surface area contributed by atoms with Gasteiger partial charge < -0.3 is 9.15 Å². The van der Waals surface area contributed by atoms with Gasteiger partial charge in [0.25, 0.3) is 0 Å². The van der Waals surface area contributed by atoms with Crippen molar-refractivity contribution in [2.45, 2.75) is 19.6 Å². The molecule has 4 rings (SSSR count). The van der Waals surface area contributed by atoms with E-state index in [0.29, 0.717) is 18.1 Å². The Balaban J connectivity index is 1.48. The number of methoxy groups -OCH3 is 1. The first-order valence-electron chi connectivity index (χ1n) is 6.97. The van der Waals surface area contributed by atoms with Crippen molar-refractivity contribution in [2.24, 2.45) is 0 Å². The zero-order chi connectivity index (χ0) is 14.9. The van der Waals surface area contributed by atoms with E-state index in [0.717, 1.165) is 36.8 Å². The van der Waals surface area contributed by atoms with Crippen molar-refractivity contribution >= 4 is 0 Å². The minimum absolute atomic E-state index is 0.463. The number of fused-ring (bicyclic) bond motifs is 1. The Morgan fingerprint density at radius 2 is 2.32 bits per heavy atom. The maximum atomic E-state index is 5.78. The number of hydrogen-bond acceptors (Lipinski definition) is 7. The molecule has 114 valence electrons. The van der Waals surface area contributed by atoms with Gasteiger partial charge in [-0.1, -0.05) is 0 Å². The molecule has 4 heterocycles. The zero-order valence-corrected chi connectivity index (χ0v) is 12.1. The molecule has 1 N–H and O–H groups in total. The van der Waals surface area contributed by atoms with Crippen molar-refractivity contribution in [1.82, 2.24) is 35.3 Å². The third kappa shape index (κ3) is 2.25. The Labute approximate surface area is 125 Å². The van der Waals surface area contributed by atoms with Crippen LogP contribution in [-0.2, 0) is 19.6 Å². The fourth-order valence-corrected chi connectivity index (χ4v) is 2.65. The van der Waals surface area contributed by atoms with Crippen molar-refractivity contribution < 1.29 is 9.15 Å². The highest BCUT2D eigenvalue weighted by molar-refractivity contribution is 5.45. The first-order valence-corrected chi connectivity index (χ1v) is 6.97. The third-order valence-electron chi connectivity index (χ3n) is 3.74. The summed E-state index contributed by atoms with van der Waals surface area (Å²) in [4.78, 5) is 2.29. The Morgan fingerprint density at radius 1 is 1.36 bits per heavy atom. The summed E-state index contributed by atoms with van der Waals surface area (Å²) in [6.45, 7) is 3.25. The fourth-order valence-electron chi connectivity index (χ4n) is 2.65. The molecule has 22 heavy (non-hydrogen) atoms. The van der Waals surface area contributed by atoms with E-state index in [9.17, 15) is 0 Å². The molecule has 0 saturated carbocycles. The smallest absolute Gasteiger partial charge is 0.239 e. The predicted octanol–water partition coefficient (Wildman–Crippen LogP) is 0.681. The summed E-state index contributed by atoms with van der Waals surface area (Å²) in [5.41, 5.74) is 1.10. The standard InChI is InChI=1S/C13H15N7O2/c1-21-12-6-14-20-5-4-19(8-10(12)20)7-9-2-3-11(22-9)13-15-17-18-16-13/h2-3,6H,4-5,7-8H2,1H3,(H,15,16,17,18). The van der Waals surface area contributed by atoms with Crippen molar-refractivity contribution in [3.63, 3.8) is 0 Å². The molecule has 0 radical (unpaired) electrons. The second kappa shape index (κ2) is 5.26. The van der Waals surface area contributed by atoms with Crippen LogP contribution in [0.4, 0.5) is 0 Å². The quantitative estimate of drug-likeness (QED) is 0.756. The minimum Gasteiger partial charge on any atom is -0.493 e. The molecule has 0 amide bonds. The van der Waals surface area contributed by atoms with Gasteiger partial charge in [0.05, 0.1) is 32.1 Å². The molecule has 0 aliphatic carbocycles. The summed E-state index contributed by atoms with van der Waals surface area (Å²) in [6.07, 6.45) is 1.76. The van der Waals surface area contributed by atoms with Crippen LogP contribution in [0, 0.1) is 0 Å². The molecule has 3 aromatic heterocycles. The van der Waals surface area contributed by atoms with Gasteiger partial charge in [0, 0.05) is 13.1 Å². The number of furan rings is 1. The van der Waals surface area contributed by atoms with Crippen molar-refractivity contribution in [3.8, 4) is 17.3 Å². The average Bonchev–Trinajstić information content (AvgIpc) is 3.27. The Hall–Kier alpha value is -2.68. The van der Waals surface area contributed by atoms with Crippen molar-refractivity contribution in [1.29, 1.82) is 0 Å². The molecule has 1 aliphatic heterocycles. The van der Waals surface area contributed by atoms with Crippen molar-refractivity contribution in [2.75, 3.05) is 13.7 Å². The number of aromatic amines is 1. The van der Waals surface area contributed by atoms with Crippen LogP contribution in [-0.4, -0.2) is 49.0 Å². The van der Waals surface area contributed by atoms with Crippen LogP contribution in [0.1, 0.15) is 11.5 Å². The maximum Gasteiger partial charge on any atom is 0.239 e. The molecule has 0 unspecified atom stereocenters. The van der Waals surface area contributed by atoms with E-state index >= 15 is 0 Å². The second-order valence-corrected chi connectivity index (χ2v) is 5.09. The molecule has 9 heteroatoms. The van der Waals surface area contributed by atoms with Gasteiger partial charge in [-0.2, -0.15) is 10.3 Å². The average molecular weight is 301 g/mol. The van der Waals surface area contributed by atoms with Gasteiger partial charge >= 0.3 is 0 Å². The summed E-state index contributed by atoms with van der Waals surface area (Å²) in [6, 6.07) is 3.80. The van der Waals surface area contributed by atoms with Crippen LogP contribution >= 0.6 is 0 Å². The number of H-pyrrole nitrogens is 1. The Bertz CT molecular complexity index is 748. The second-order valence-electron chi connectivity index (χ2n) is 5.09. The third-order valence-corrected chi connectivity index (χ3v) is 3.74. The number of tetrazole rings is 1. The number of aromatic nitrogens is 6. The first-order chi connectivity index (χ1) is 10.8. The molecule has 0 spiro atoms. The lowest BCUT2D eigenvalue weighted by Crippen LogP contribution is -2.33. The summed E-state index contributed by atoms with van der Waals surface area (Å²) in [5, 5.41) is 18.1. The van der Waals surface area contributed by atoms with Gasteiger partial charge in [-0.25, -0.2) is 0 Å². The number of ether oxygens (including phenoxy) is 1. The number of rotatable bonds is 4. The van der Waals surface area contributed by atoms with Gasteiger partial charge in [-0.05, 0) is 17.3 Å². The summed E-state index contributed by atoms with van der Waals surface area (Å²) in [7, 11) is 1.67. The highest BCUT2D eigenvalue weighted by Gasteiger charge is 2.22. The predicted molar refractivity (Wildman–Crippen MR) is 74.8 cm³/mol. The van der Waals surface area contributed by atoms with E-state index in [1.54, 1.807) is 13.3 Å². The van der Waals surface area contributed by atoms with E-state index in [2.05, 4.69) is 30.6 Å². The van der Waals surface area contributed by atoms with Crippen LogP contribution in [0.3, 0.4) is 0 Å². The Morgan fingerprint density at radius 3 is 3.14 bits per heavy atom.